The lowest BCUT2D eigenvalue weighted by Crippen LogP contribution is -2.44. The van der Waals surface area contributed by atoms with Gasteiger partial charge in [0.15, 0.2) is 5.96 Å². The molecule has 2 aliphatic rings. The molecule has 1 saturated carbocycles. The van der Waals surface area contributed by atoms with Gasteiger partial charge in [0.05, 0.1) is 11.1 Å². The van der Waals surface area contributed by atoms with Crippen LogP contribution in [0.25, 0.3) is 0 Å². The zero-order valence-corrected chi connectivity index (χ0v) is 18.7. The zero-order valence-electron chi connectivity index (χ0n) is 16.4. The second kappa shape index (κ2) is 8.94. The Labute approximate surface area is 187 Å². The Morgan fingerprint density at radius 1 is 0.966 bits per heavy atom. The monoisotopic (exact) mass is 504 g/mol. The molecule has 2 amide bonds. The fourth-order valence-corrected chi connectivity index (χ4v) is 3.71. The third-order valence-electron chi connectivity index (χ3n) is 5.56. The molecule has 6 nitrogen and oxygen atoms in total. The van der Waals surface area contributed by atoms with Gasteiger partial charge in [-0.1, -0.05) is 42.5 Å². The average Bonchev–Trinajstić information content (AvgIpc) is 3.50. The van der Waals surface area contributed by atoms with Crippen LogP contribution in [0.2, 0.25) is 0 Å². The minimum Gasteiger partial charge on any atom is -0.356 e. The third-order valence-corrected chi connectivity index (χ3v) is 5.56. The molecular weight excluding hydrogens is 479 g/mol. The van der Waals surface area contributed by atoms with E-state index in [0.29, 0.717) is 30.2 Å². The number of imide groups is 1. The van der Waals surface area contributed by atoms with Crippen molar-refractivity contribution in [2.45, 2.75) is 18.3 Å². The van der Waals surface area contributed by atoms with Crippen LogP contribution in [0, 0.1) is 0 Å². The van der Waals surface area contributed by atoms with E-state index in [-0.39, 0.29) is 41.2 Å². The quantitative estimate of drug-likeness (QED) is 0.275. The summed E-state index contributed by atoms with van der Waals surface area (Å²) in [6.07, 6.45) is 2.33. The Bertz CT molecular complexity index is 890. The highest BCUT2D eigenvalue weighted by atomic mass is 127. The number of guanidine groups is 1. The molecular formula is C22H25IN4O2. The van der Waals surface area contributed by atoms with Gasteiger partial charge >= 0.3 is 0 Å². The number of nitrogens with one attached hydrogen (secondary N) is 2. The third kappa shape index (κ3) is 4.29. The van der Waals surface area contributed by atoms with Gasteiger partial charge in [0.25, 0.3) is 11.8 Å². The highest BCUT2D eigenvalue weighted by Gasteiger charge is 2.44. The normalized spacial score (nSPS) is 16.9. The van der Waals surface area contributed by atoms with Gasteiger partial charge in [0.1, 0.15) is 0 Å². The van der Waals surface area contributed by atoms with Gasteiger partial charge in [-0.3, -0.25) is 19.5 Å². The van der Waals surface area contributed by atoms with Crippen LogP contribution >= 0.6 is 24.0 Å². The summed E-state index contributed by atoms with van der Waals surface area (Å²) in [5, 5.41) is 6.59. The number of carbonyl (C=O) groups excluding carboxylic acids is 2. The Morgan fingerprint density at radius 3 is 2.10 bits per heavy atom. The van der Waals surface area contributed by atoms with Crippen LogP contribution in [-0.4, -0.2) is 49.4 Å². The molecule has 0 aromatic heterocycles. The predicted octanol–water partition coefficient (Wildman–Crippen LogP) is 2.80. The molecule has 1 heterocycles. The van der Waals surface area contributed by atoms with Crippen LogP contribution in [0.3, 0.4) is 0 Å². The summed E-state index contributed by atoms with van der Waals surface area (Å²) >= 11 is 0. The summed E-state index contributed by atoms with van der Waals surface area (Å²) in [5.41, 5.74) is 2.49. The second-order valence-corrected chi connectivity index (χ2v) is 7.31. The van der Waals surface area contributed by atoms with Crippen LogP contribution in [-0.2, 0) is 5.41 Å². The molecule has 7 heteroatoms. The Hall–Kier alpha value is -2.42. The first kappa shape index (κ1) is 21.3. The van der Waals surface area contributed by atoms with E-state index in [4.69, 9.17) is 0 Å². The summed E-state index contributed by atoms with van der Waals surface area (Å²) in [6, 6.07) is 17.5. The number of hydrogen-bond donors (Lipinski definition) is 2. The van der Waals surface area contributed by atoms with Crippen LogP contribution in [0.15, 0.2) is 59.6 Å². The molecule has 2 N–H and O–H groups in total. The highest BCUT2D eigenvalue weighted by Crippen LogP contribution is 2.47. The highest BCUT2D eigenvalue weighted by molar-refractivity contribution is 14.0. The summed E-state index contributed by atoms with van der Waals surface area (Å²) in [5.74, 6) is 0.219. The molecule has 1 aliphatic heterocycles. The number of benzene rings is 2. The van der Waals surface area contributed by atoms with Crippen molar-refractivity contribution in [1.82, 2.24) is 15.5 Å². The van der Waals surface area contributed by atoms with E-state index in [9.17, 15) is 9.59 Å². The summed E-state index contributed by atoms with van der Waals surface area (Å²) in [4.78, 5) is 30.4. The smallest absolute Gasteiger partial charge is 0.261 e. The first-order chi connectivity index (χ1) is 13.6. The van der Waals surface area contributed by atoms with Crippen LogP contribution in [0.5, 0.6) is 0 Å². The molecule has 152 valence electrons. The number of amides is 2. The number of fused-ring (bicyclic) bond motifs is 1. The number of nitrogens with zero attached hydrogens (tertiary/aromatic N) is 2. The molecule has 0 radical (unpaired) electrons. The van der Waals surface area contributed by atoms with Crippen molar-refractivity contribution in [1.29, 1.82) is 0 Å². The number of hydrogen-bond acceptors (Lipinski definition) is 3. The van der Waals surface area contributed by atoms with Crippen molar-refractivity contribution in [2.75, 3.05) is 26.7 Å². The lowest BCUT2D eigenvalue weighted by atomic mass is 9.96. The van der Waals surface area contributed by atoms with E-state index >= 15 is 0 Å². The van der Waals surface area contributed by atoms with E-state index in [1.807, 2.05) is 6.07 Å². The molecule has 2 aromatic carbocycles. The fraction of sp³-hybridized carbons (Fsp3) is 0.318. The molecule has 29 heavy (non-hydrogen) atoms. The summed E-state index contributed by atoms with van der Waals surface area (Å²) in [7, 11) is 1.72. The topological polar surface area (TPSA) is 73.8 Å². The van der Waals surface area contributed by atoms with Gasteiger partial charge in [-0.2, -0.15) is 0 Å². The minimum absolute atomic E-state index is 0. The largest absolute Gasteiger partial charge is 0.356 e. The van der Waals surface area contributed by atoms with Crippen LogP contribution < -0.4 is 10.6 Å². The first-order valence-electron chi connectivity index (χ1n) is 9.60. The van der Waals surface area contributed by atoms with Gasteiger partial charge in [0, 0.05) is 32.1 Å². The predicted molar refractivity (Wildman–Crippen MR) is 124 cm³/mol. The second-order valence-electron chi connectivity index (χ2n) is 7.31. The lowest BCUT2D eigenvalue weighted by Gasteiger charge is -2.20. The molecule has 0 atom stereocenters. The van der Waals surface area contributed by atoms with Crippen LogP contribution in [0.1, 0.15) is 39.1 Å². The van der Waals surface area contributed by atoms with Crippen molar-refractivity contribution in [3.05, 3.63) is 71.3 Å². The Balaban J connectivity index is 0.00000240. The fourth-order valence-electron chi connectivity index (χ4n) is 3.71. The van der Waals surface area contributed by atoms with E-state index in [1.165, 1.54) is 10.5 Å². The molecule has 1 fully saturated rings. The van der Waals surface area contributed by atoms with Gasteiger partial charge in [-0.05, 0) is 30.5 Å². The lowest BCUT2D eigenvalue weighted by molar-refractivity contribution is 0.0657. The van der Waals surface area contributed by atoms with E-state index < -0.39 is 0 Å². The molecule has 0 saturated heterocycles. The molecule has 0 unspecified atom stereocenters. The number of rotatable bonds is 6. The maximum atomic E-state index is 12.4. The van der Waals surface area contributed by atoms with E-state index in [0.717, 1.165) is 19.4 Å². The van der Waals surface area contributed by atoms with Crippen molar-refractivity contribution in [3.63, 3.8) is 0 Å². The average molecular weight is 504 g/mol. The van der Waals surface area contributed by atoms with Gasteiger partial charge in [-0.25, -0.2) is 0 Å². The molecule has 0 spiro atoms. The van der Waals surface area contributed by atoms with Crippen molar-refractivity contribution < 1.29 is 9.59 Å². The molecule has 2 aromatic rings. The van der Waals surface area contributed by atoms with Crippen molar-refractivity contribution >= 4 is 41.8 Å². The zero-order chi connectivity index (χ0) is 19.6. The van der Waals surface area contributed by atoms with Crippen LogP contribution in [0.4, 0.5) is 0 Å². The minimum atomic E-state index is -0.230. The molecule has 1 aliphatic carbocycles. The SMILES string of the molecule is CN=C(NCCN1C(=O)c2ccccc2C1=O)NCC1(c2ccccc2)CC1.I. The first-order valence-corrected chi connectivity index (χ1v) is 9.60. The Morgan fingerprint density at radius 2 is 1.55 bits per heavy atom. The van der Waals surface area contributed by atoms with E-state index in [1.54, 1.807) is 31.3 Å². The number of halogens is 1. The maximum absolute atomic E-state index is 12.4. The van der Waals surface area contributed by atoms with E-state index in [2.05, 4.69) is 39.9 Å². The standard InChI is InChI=1S/C22H24N4O2.HI/c1-23-21(25-15-22(11-12-22)16-7-3-2-4-8-16)24-13-14-26-19(27)17-9-5-6-10-18(17)20(26)28;/h2-10H,11-15H2,1H3,(H2,23,24,25);1H. The van der Waals surface area contributed by atoms with Gasteiger partial charge in [-0.15, -0.1) is 24.0 Å². The summed E-state index contributed by atoms with van der Waals surface area (Å²) < 4.78 is 0. The summed E-state index contributed by atoms with van der Waals surface area (Å²) in [6.45, 7) is 1.56. The molecule has 0 bridgehead atoms. The molecule has 4 rings (SSSR count). The van der Waals surface area contributed by atoms with Gasteiger partial charge in [0.2, 0.25) is 0 Å². The number of carbonyl (C=O) groups is 2. The number of aliphatic imine (C=N–C) groups is 1. The van der Waals surface area contributed by atoms with Crippen molar-refractivity contribution in [2.24, 2.45) is 4.99 Å². The van der Waals surface area contributed by atoms with Gasteiger partial charge < -0.3 is 10.6 Å². The van der Waals surface area contributed by atoms with Crippen molar-refractivity contribution in [3.8, 4) is 0 Å². The Kier molecular flexibility index (Phi) is 6.56. The maximum Gasteiger partial charge on any atom is 0.261 e.